The van der Waals surface area contributed by atoms with E-state index in [4.69, 9.17) is 15.9 Å². The number of nitrogens with one attached hydrogen (secondary N) is 1. The van der Waals surface area contributed by atoms with E-state index in [1.165, 1.54) is 18.2 Å². The quantitative estimate of drug-likeness (QED) is 0.672. The molecule has 1 aromatic heterocycles. The second-order valence-electron chi connectivity index (χ2n) is 3.96. The highest BCUT2D eigenvalue weighted by Gasteiger charge is 2.06. The Balaban J connectivity index is 2.35. The molecule has 0 aliphatic carbocycles. The molecule has 0 radical (unpaired) electrons. The number of nitrogens with two attached hydrogens (primary N) is 1. The van der Waals surface area contributed by atoms with Crippen molar-refractivity contribution in [2.45, 2.75) is 6.92 Å². The first-order chi connectivity index (χ1) is 8.94. The molecule has 0 spiro atoms. The summed E-state index contributed by atoms with van der Waals surface area (Å²) in [7, 11) is 0. The molecule has 1 heterocycles. The van der Waals surface area contributed by atoms with Crippen LogP contribution in [0.2, 0.25) is 0 Å². The lowest BCUT2D eigenvalue weighted by molar-refractivity contribution is 0.456. The fourth-order valence-electron chi connectivity index (χ4n) is 1.55. The van der Waals surface area contributed by atoms with Crippen LogP contribution in [0.3, 0.4) is 0 Å². The maximum atomic E-state index is 13.2. The largest absolute Gasteiger partial charge is 0.439 e. The van der Waals surface area contributed by atoms with Crippen molar-refractivity contribution in [1.29, 1.82) is 5.41 Å². The van der Waals surface area contributed by atoms with Crippen LogP contribution in [-0.2, 0) is 0 Å². The van der Waals surface area contributed by atoms with Gasteiger partial charge in [0.05, 0.1) is 0 Å². The summed E-state index contributed by atoms with van der Waals surface area (Å²) in [6, 6.07) is 7.42. The van der Waals surface area contributed by atoms with Crippen LogP contribution in [0.5, 0.6) is 11.6 Å². The number of nitrogens with zero attached hydrogens (tertiary/aromatic N) is 1. The molecule has 1 aromatic carbocycles. The number of aryl methyl sites for hydroxylation is 1. The molecule has 2 aromatic rings. The lowest BCUT2D eigenvalue weighted by Gasteiger charge is -2.08. The Labute approximate surface area is 118 Å². The Morgan fingerprint density at radius 1 is 1.32 bits per heavy atom. The van der Waals surface area contributed by atoms with E-state index in [0.717, 1.165) is 0 Å². The number of hydrogen-bond acceptors (Lipinski definition) is 3. The molecule has 0 unspecified atom stereocenters. The van der Waals surface area contributed by atoms with Gasteiger partial charge in [-0.05, 0) is 25.1 Å². The standard InChI is InChI=1S/C13H11BrFN3O/c1-7-2-8(13(16)17)3-12(18-7)19-11-5-9(14)4-10(15)6-11/h2-6H,1H3,(H3,16,17). The summed E-state index contributed by atoms with van der Waals surface area (Å²) < 4.78 is 19.3. The van der Waals surface area contributed by atoms with E-state index < -0.39 is 5.82 Å². The highest BCUT2D eigenvalue weighted by molar-refractivity contribution is 9.10. The Hall–Kier alpha value is -1.95. The number of aromatic nitrogens is 1. The normalized spacial score (nSPS) is 10.3. The van der Waals surface area contributed by atoms with Gasteiger partial charge in [-0.2, -0.15) is 0 Å². The van der Waals surface area contributed by atoms with Gasteiger partial charge in [0, 0.05) is 27.9 Å². The highest BCUT2D eigenvalue weighted by atomic mass is 79.9. The molecule has 6 heteroatoms. The lowest BCUT2D eigenvalue weighted by atomic mass is 10.2. The molecule has 0 atom stereocenters. The zero-order chi connectivity index (χ0) is 14.0. The molecule has 0 saturated heterocycles. The summed E-state index contributed by atoms with van der Waals surface area (Å²) in [6.45, 7) is 1.76. The Kier molecular flexibility index (Phi) is 3.80. The third-order valence-corrected chi connectivity index (χ3v) is 2.76. The minimum Gasteiger partial charge on any atom is -0.439 e. The van der Waals surface area contributed by atoms with Crippen molar-refractivity contribution < 1.29 is 9.13 Å². The molecule has 3 N–H and O–H groups in total. The lowest BCUT2D eigenvalue weighted by Crippen LogP contribution is -2.11. The fraction of sp³-hybridized carbons (Fsp3) is 0.0769. The average Bonchev–Trinajstić information content (AvgIpc) is 2.26. The molecule has 98 valence electrons. The van der Waals surface area contributed by atoms with Gasteiger partial charge in [0.15, 0.2) is 0 Å². The molecule has 0 amide bonds. The third kappa shape index (κ3) is 3.51. The van der Waals surface area contributed by atoms with Crippen molar-refractivity contribution >= 4 is 21.8 Å². The van der Waals surface area contributed by atoms with Crippen molar-refractivity contribution in [3.8, 4) is 11.6 Å². The van der Waals surface area contributed by atoms with Crippen molar-refractivity contribution in [3.63, 3.8) is 0 Å². The van der Waals surface area contributed by atoms with E-state index in [2.05, 4.69) is 20.9 Å². The van der Waals surface area contributed by atoms with Crippen LogP contribution in [0.25, 0.3) is 0 Å². The Bertz CT molecular complexity index is 626. The molecule has 19 heavy (non-hydrogen) atoms. The number of ether oxygens (including phenoxy) is 1. The Morgan fingerprint density at radius 3 is 2.68 bits per heavy atom. The van der Waals surface area contributed by atoms with E-state index >= 15 is 0 Å². The summed E-state index contributed by atoms with van der Waals surface area (Å²) in [4.78, 5) is 4.16. The molecule has 0 aliphatic rings. The topological polar surface area (TPSA) is 72.0 Å². The first-order valence-corrected chi connectivity index (χ1v) is 6.20. The maximum absolute atomic E-state index is 13.2. The highest BCUT2D eigenvalue weighted by Crippen LogP contribution is 2.25. The molecule has 4 nitrogen and oxygen atoms in total. The zero-order valence-corrected chi connectivity index (χ0v) is 11.7. The molecular weight excluding hydrogens is 313 g/mol. The monoisotopic (exact) mass is 323 g/mol. The third-order valence-electron chi connectivity index (χ3n) is 2.30. The fourth-order valence-corrected chi connectivity index (χ4v) is 2.00. The number of halogens is 2. The smallest absolute Gasteiger partial charge is 0.220 e. The van der Waals surface area contributed by atoms with Gasteiger partial charge in [-0.25, -0.2) is 9.37 Å². The van der Waals surface area contributed by atoms with Crippen molar-refractivity contribution in [2.75, 3.05) is 0 Å². The zero-order valence-electron chi connectivity index (χ0n) is 10.1. The SMILES string of the molecule is Cc1cc(C(=N)N)cc(Oc2cc(F)cc(Br)c2)n1. The summed E-state index contributed by atoms with van der Waals surface area (Å²) in [5.74, 6) is 0.0989. The number of rotatable bonds is 3. The van der Waals surface area contributed by atoms with Crippen molar-refractivity contribution in [1.82, 2.24) is 4.98 Å². The molecule has 2 rings (SSSR count). The maximum Gasteiger partial charge on any atom is 0.220 e. The first kappa shape index (κ1) is 13.5. The molecule has 0 aliphatic heterocycles. The van der Waals surface area contributed by atoms with Gasteiger partial charge in [0.2, 0.25) is 5.88 Å². The first-order valence-electron chi connectivity index (χ1n) is 5.41. The molecular formula is C13H11BrFN3O. The van der Waals surface area contributed by atoms with Gasteiger partial charge in [-0.15, -0.1) is 0 Å². The van der Waals surface area contributed by atoms with E-state index in [-0.39, 0.29) is 11.7 Å². The predicted octanol–water partition coefficient (Wildman–Crippen LogP) is 3.37. The van der Waals surface area contributed by atoms with Crippen LogP contribution in [0, 0.1) is 18.2 Å². The second kappa shape index (κ2) is 5.36. The van der Waals surface area contributed by atoms with Crippen LogP contribution in [0.15, 0.2) is 34.8 Å². The van der Waals surface area contributed by atoms with Crippen molar-refractivity contribution in [2.24, 2.45) is 5.73 Å². The number of hydrogen-bond donors (Lipinski definition) is 2. The van der Waals surface area contributed by atoms with E-state index in [0.29, 0.717) is 21.5 Å². The van der Waals surface area contributed by atoms with E-state index in [9.17, 15) is 4.39 Å². The van der Waals surface area contributed by atoms with Crippen LogP contribution in [0.4, 0.5) is 4.39 Å². The average molecular weight is 324 g/mol. The Morgan fingerprint density at radius 2 is 2.05 bits per heavy atom. The molecule has 0 saturated carbocycles. The molecule has 0 bridgehead atoms. The number of benzene rings is 1. The van der Waals surface area contributed by atoms with Gasteiger partial charge >= 0.3 is 0 Å². The molecule has 0 fully saturated rings. The predicted molar refractivity (Wildman–Crippen MR) is 74.2 cm³/mol. The van der Waals surface area contributed by atoms with E-state index in [1.54, 1.807) is 19.1 Å². The van der Waals surface area contributed by atoms with Gasteiger partial charge in [-0.3, -0.25) is 5.41 Å². The number of pyridine rings is 1. The minimum atomic E-state index is -0.413. The summed E-state index contributed by atoms with van der Waals surface area (Å²) in [6.07, 6.45) is 0. The minimum absolute atomic E-state index is 0.0734. The van der Waals surface area contributed by atoms with Crippen LogP contribution in [0.1, 0.15) is 11.3 Å². The van der Waals surface area contributed by atoms with Gasteiger partial charge < -0.3 is 10.5 Å². The van der Waals surface area contributed by atoms with Gasteiger partial charge in [-0.1, -0.05) is 15.9 Å². The van der Waals surface area contributed by atoms with Gasteiger partial charge in [0.1, 0.15) is 17.4 Å². The van der Waals surface area contributed by atoms with Crippen molar-refractivity contribution in [3.05, 3.63) is 51.9 Å². The summed E-state index contributed by atoms with van der Waals surface area (Å²) in [5.41, 5.74) is 6.60. The summed E-state index contributed by atoms with van der Waals surface area (Å²) >= 11 is 3.18. The van der Waals surface area contributed by atoms with E-state index in [1.807, 2.05) is 0 Å². The van der Waals surface area contributed by atoms with Crippen LogP contribution < -0.4 is 10.5 Å². The van der Waals surface area contributed by atoms with Crippen LogP contribution >= 0.6 is 15.9 Å². The van der Waals surface area contributed by atoms with Gasteiger partial charge in [0.25, 0.3) is 0 Å². The second-order valence-corrected chi connectivity index (χ2v) is 4.87. The van der Waals surface area contributed by atoms with Crippen LogP contribution in [-0.4, -0.2) is 10.8 Å². The number of amidine groups is 1. The number of nitrogen functional groups attached to an aromatic ring is 1. The summed E-state index contributed by atoms with van der Waals surface area (Å²) in [5, 5.41) is 7.40.